The molecule has 1 saturated carbocycles. The molecule has 4 rings (SSSR count). The molecule has 1 fully saturated rings. The van der Waals surface area contributed by atoms with Gasteiger partial charge in [0, 0.05) is 22.4 Å². The number of allylic oxidation sites excluding steroid dienone is 2. The number of rotatable bonds is 4. The number of carbonyl (C=O) groups excluding carboxylic acids is 2. The van der Waals surface area contributed by atoms with Crippen LogP contribution in [0.2, 0.25) is 0 Å². The highest BCUT2D eigenvalue weighted by Crippen LogP contribution is 2.70. The maximum atomic E-state index is 13.8. The number of halogens is 1. The van der Waals surface area contributed by atoms with E-state index in [0.717, 1.165) is 42.6 Å². The van der Waals surface area contributed by atoms with Crippen molar-refractivity contribution in [3.05, 3.63) is 41.6 Å². The van der Waals surface area contributed by atoms with Gasteiger partial charge in [0.05, 0.1) is 0 Å². The highest BCUT2D eigenvalue weighted by atomic mass is 79.9. The first-order valence-electron chi connectivity index (χ1n) is 10.1. The van der Waals surface area contributed by atoms with E-state index in [1.54, 1.807) is 0 Å². The van der Waals surface area contributed by atoms with Crippen molar-refractivity contribution in [2.24, 2.45) is 16.7 Å². The lowest BCUT2D eigenvalue weighted by molar-refractivity contribution is -0.129. The van der Waals surface area contributed by atoms with E-state index < -0.39 is 4.32 Å². The monoisotopic (exact) mass is 429 g/mol. The SMILES string of the molecule is CCCC[C@@]1(Br)C(=O)C2=C(N(c3ccccc3)C1=O)[C@@]1(C)CC[C@H]2C1(C)C. The number of para-hydroxylation sites is 1. The highest BCUT2D eigenvalue weighted by molar-refractivity contribution is 9.10. The molecule has 0 spiro atoms. The maximum absolute atomic E-state index is 13.8. The molecule has 0 saturated heterocycles. The first-order valence-corrected chi connectivity index (χ1v) is 10.9. The van der Waals surface area contributed by atoms with E-state index in [9.17, 15) is 9.59 Å². The number of ketones is 1. The average molecular weight is 430 g/mol. The van der Waals surface area contributed by atoms with Gasteiger partial charge in [-0.05, 0) is 42.7 Å². The van der Waals surface area contributed by atoms with Crippen molar-refractivity contribution in [3.63, 3.8) is 0 Å². The molecule has 0 N–H and O–H groups in total. The predicted octanol–water partition coefficient (Wildman–Crippen LogP) is 5.64. The van der Waals surface area contributed by atoms with E-state index in [1.807, 2.05) is 35.2 Å². The number of unbranched alkanes of at least 4 members (excludes halogenated alkanes) is 1. The molecule has 27 heavy (non-hydrogen) atoms. The molecular weight excluding hydrogens is 402 g/mol. The van der Waals surface area contributed by atoms with E-state index in [1.165, 1.54) is 0 Å². The van der Waals surface area contributed by atoms with Crippen LogP contribution in [0.4, 0.5) is 5.69 Å². The summed E-state index contributed by atoms with van der Waals surface area (Å²) >= 11 is 3.65. The van der Waals surface area contributed by atoms with Gasteiger partial charge in [-0.15, -0.1) is 0 Å². The first-order chi connectivity index (χ1) is 12.7. The Morgan fingerprint density at radius 1 is 1.15 bits per heavy atom. The number of alkyl halides is 1. The van der Waals surface area contributed by atoms with Crippen LogP contribution in [-0.2, 0) is 9.59 Å². The summed E-state index contributed by atoms with van der Waals surface area (Å²) in [5, 5.41) is 0. The number of Topliss-reactive ketones (excluding diaryl/α,β-unsaturated/α-hetero) is 1. The summed E-state index contributed by atoms with van der Waals surface area (Å²) in [7, 11) is 0. The Hall–Kier alpha value is -1.42. The fourth-order valence-electron chi connectivity index (χ4n) is 5.58. The van der Waals surface area contributed by atoms with E-state index in [0.29, 0.717) is 6.42 Å². The molecular formula is C23H28BrNO2. The zero-order valence-electron chi connectivity index (χ0n) is 16.6. The van der Waals surface area contributed by atoms with Crippen LogP contribution < -0.4 is 4.90 Å². The Bertz CT molecular complexity index is 843. The highest BCUT2D eigenvalue weighted by Gasteiger charge is 2.68. The summed E-state index contributed by atoms with van der Waals surface area (Å²) in [6.45, 7) is 8.88. The second kappa shape index (κ2) is 6.04. The molecule has 3 nitrogen and oxygen atoms in total. The molecule has 0 radical (unpaired) electrons. The molecule has 1 amide bonds. The number of hydrogen-bond acceptors (Lipinski definition) is 2. The van der Waals surface area contributed by atoms with Crippen molar-refractivity contribution in [2.45, 2.75) is 64.1 Å². The normalized spacial score (nSPS) is 34.4. The molecule has 1 heterocycles. The summed E-state index contributed by atoms with van der Waals surface area (Å²) < 4.78 is -1.13. The molecule has 3 atom stereocenters. The van der Waals surface area contributed by atoms with Crippen LogP contribution in [0.15, 0.2) is 41.6 Å². The number of amides is 1. The lowest BCUT2D eigenvalue weighted by Crippen LogP contribution is -2.57. The molecule has 3 aliphatic rings. The first kappa shape index (κ1) is 18.9. The molecule has 144 valence electrons. The zero-order chi connectivity index (χ0) is 19.6. The molecule has 0 unspecified atom stereocenters. The van der Waals surface area contributed by atoms with Crippen LogP contribution >= 0.6 is 15.9 Å². The smallest absolute Gasteiger partial charge is 0.256 e. The third kappa shape index (κ3) is 2.25. The van der Waals surface area contributed by atoms with Crippen LogP contribution in [0.3, 0.4) is 0 Å². The molecule has 1 aromatic carbocycles. The third-order valence-electron chi connectivity index (χ3n) is 7.61. The molecule has 1 aliphatic heterocycles. The molecule has 2 aliphatic carbocycles. The summed E-state index contributed by atoms with van der Waals surface area (Å²) in [5.74, 6) is 0.128. The zero-order valence-corrected chi connectivity index (χ0v) is 18.2. The van der Waals surface area contributed by atoms with Gasteiger partial charge in [0.15, 0.2) is 10.1 Å². The Balaban J connectivity index is 1.96. The number of hydrogen-bond donors (Lipinski definition) is 0. The third-order valence-corrected chi connectivity index (χ3v) is 8.71. The van der Waals surface area contributed by atoms with E-state index >= 15 is 0 Å². The molecule has 4 heteroatoms. The summed E-state index contributed by atoms with van der Waals surface area (Å²) in [4.78, 5) is 29.3. The molecule has 1 aromatic rings. The number of fused-ring (bicyclic) bond motifs is 4. The average Bonchev–Trinajstić information content (AvgIpc) is 2.98. The van der Waals surface area contributed by atoms with Gasteiger partial charge in [-0.1, -0.05) is 74.7 Å². The summed E-state index contributed by atoms with van der Waals surface area (Å²) in [5.41, 5.74) is 2.56. The van der Waals surface area contributed by atoms with Gasteiger partial charge in [0.25, 0.3) is 5.91 Å². The van der Waals surface area contributed by atoms with Crippen molar-refractivity contribution in [3.8, 4) is 0 Å². The lowest BCUT2D eigenvalue weighted by atomic mass is 9.69. The van der Waals surface area contributed by atoms with Gasteiger partial charge in [-0.3, -0.25) is 14.5 Å². The number of anilines is 1. The van der Waals surface area contributed by atoms with Crippen molar-refractivity contribution < 1.29 is 9.59 Å². The minimum atomic E-state index is -1.13. The van der Waals surface area contributed by atoms with Crippen molar-refractivity contribution in [2.75, 3.05) is 4.90 Å². The van der Waals surface area contributed by atoms with Gasteiger partial charge < -0.3 is 0 Å². The van der Waals surface area contributed by atoms with Gasteiger partial charge in [-0.2, -0.15) is 0 Å². The van der Waals surface area contributed by atoms with Crippen LogP contribution in [-0.4, -0.2) is 16.0 Å². The van der Waals surface area contributed by atoms with E-state index in [2.05, 4.69) is 43.6 Å². The molecule has 2 bridgehead atoms. The number of benzene rings is 1. The van der Waals surface area contributed by atoms with Crippen molar-refractivity contribution in [1.29, 1.82) is 0 Å². The minimum Gasteiger partial charge on any atom is -0.292 e. The summed E-state index contributed by atoms with van der Waals surface area (Å²) in [6.07, 6.45) is 4.40. The Labute approximate surface area is 170 Å². The topological polar surface area (TPSA) is 37.4 Å². The van der Waals surface area contributed by atoms with Crippen LogP contribution in [0, 0.1) is 16.7 Å². The fraction of sp³-hybridized carbons (Fsp3) is 0.565. The van der Waals surface area contributed by atoms with Crippen LogP contribution in [0.1, 0.15) is 59.8 Å². The lowest BCUT2D eigenvalue weighted by Gasteiger charge is -2.45. The summed E-state index contributed by atoms with van der Waals surface area (Å²) in [6, 6.07) is 9.84. The predicted molar refractivity (Wildman–Crippen MR) is 112 cm³/mol. The van der Waals surface area contributed by atoms with Crippen molar-refractivity contribution >= 4 is 33.3 Å². The standard InChI is InChI=1S/C23H28BrNO2/c1-5-6-13-23(24)19(26)17-16-12-14-22(4,21(16,2)3)18(17)25(20(23)27)15-10-8-7-9-11-15/h7-11,16H,5-6,12-14H2,1-4H3/t16-,22-,23-/m1/s1. The quantitative estimate of drug-likeness (QED) is 0.458. The second-order valence-corrected chi connectivity index (χ2v) is 10.5. The van der Waals surface area contributed by atoms with Gasteiger partial charge in [-0.25, -0.2) is 0 Å². The van der Waals surface area contributed by atoms with Gasteiger partial charge >= 0.3 is 0 Å². The Kier molecular flexibility index (Phi) is 4.23. The maximum Gasteiger partial charge on any atom is 0.256 e. The van der Waals surface area contributed by atoms with Gasteiger partial charge in [0.2, 0.25) is 0 Å². The molecule has 0 aromatic heterocycles. The fourth-order valence-corrected chi connectivity index (χ4v) is 6.25. The van der Waals surface area contributed by atoms with Crippen LogP contribution in [0.5, 0.6) is 0 Å². The minimum absolute atomic E-state index is 0.0182. The number of carbonyl (C=O) groups is 2. The second-order valence-electron chi connectivity index (χ2n) is 9.12. The van der Waals surface area contributed by atoms with Crippen LogP contribution in [0.25, 0.3) is 0 Å². The van der Waals surface area contributed by atoms with E-state index in [-0.39, 0.29) is 28.4 Å². The Morgan fingerprint density at radius 2 is 1.81 bits per heavy atom. The Morgan fingerprint density at radius 3 is 2.44 bits per heavy atom. The number of nitrogens with zero attached hydrogens (tertiary/aromatic N) is 1. The van der Waals surface area contributed by atoms with E-state index in [4.69, 9.17) is 0 Å². The van der Waals surface area contributed by atoms with Gasteiger partial charge in [0.1, 0.15) is 0 Å². The largest absolute Gasteiger partial charge is 0.292 e. The van der Waals surface area contributed by atoms with Crippen molar-refractivity contribution in [1.82, 2.24) is 0 Å².